The highest BCUT2D eigenvalue weighted by Crippen LogP contribution is 2.40. The number of aromatic nitrogens is 2. The van der Waals surface area contributed by atoms with Gasteiger partial charge in [-0.1, -0.05) is 19.1 Å². The van der Waals surface area contributed by atoms with Crippen LogP contribution < -0.4 is 14.2 Å². The summed E-state index contributed by atoms with van der Waals surface area (Å²) >= 11 is 0. The number of fused-ring (bicyclic) bond motifs is 1. The van der Waals surface area contributed by atoms with Gasteiger partial charge in [-0.25, -0.2) is 0 Å². The number of carbonyl (C=O) groups is 2. The van der Waals surface area contributed by atoms with Gasteiger partial charge in [0.05, 0.1) is 19.1 Å². The molecule has 2 heterocycles. The highest BCUT2D eigenvalue weighted by atomic mass is 16.5. The molecule has 0 radical (unpaired) electrons. The molecule has 136 valence electrons. The van der Waals surface area contributed by atoms with Gasteiger partial charge in [0.15, 0.2) is 5.78 Å². The van der Waals surface area contributed by atoms with Crippen LogP contribution in [0, 0.1) is 0 Å². The quantitative estimate of drug-likeness (QED) is 0.580. The predicted molar refractivity (Wildman–Crippen MR) is 92.6 cm³/mol. The number of esters is 1. The van der Waals surface area contributed by atoms with Crippen LogP contribution in [0.1, 0.15) is 54.4 Å². The summed E-state index contributed by atoms with van der Waals surface area (Å²) in [5, 5.41) is 0. The molecule has 0 fully saturated rings. The number of rotatable bonds is 6. The van der Waals surface area contributed by atoms with Gasteiger partial charge in [-0.05, 0) is 24.1 Å². The molecular formula is C19H20N2O5. The molecule has 1 aliphatic rings. The van der Waals surface area contributed by atoms with E-state index in [1.54, 1.807) is 7.11 Å². The van der Waals surface area contributed by atoms with E-state index in [1.165, 1.54) is 6.92 Å². The van der Waals surface area contributed by atoms with E-state index < -0.39 is 0 Å². The molecule has 1 aromatic heterocycles. The first kappa shape index (κ1) is 17.8. The van der Waals surface area contributed by atoms with E-state index >= 15 is 0 Å². The molecule has 3 rings (SSSR count). The van der Waals surface area contributed by atoms with Gasteiger partial charge < -0.3 is 14.2 Å². The Bertz CT molecular complexity index is 833. The Morgan fingerprint density at radius 1 is 1.27 bits per heavy atom. The number of hydrogen-bond donors (Lipinski definition) is 0. The first-order valence-electron chi connectivity index (χ1n) is 8.41. The zero-order valence-electron chi connectivity index (χ0n) is 14.9. The summed E-state index contributed by atoms with van der Waals surface area (Å²) in [6.07, 6.45) is 0.953. The minimum atomic E-state index is -0.362. The fraction of sp³-hybridized carbons (Fsp3) is 0.368. The lowest BCUT2D eigenvalue weighted by Gasteiger charge is -2.24. The van der Waals surface area contributed by atoms with Crippen molar-refractivity contribution < 1.29 is 23.8 Å². The average molecular weight is 356 g/mol. The Hall–Kier alpha value is -2.96. The van der Waals surface area contributed by atoms with Gasteiger partial charge in [0.25, 0.3) is 0 Å². The number of nitrogens with zero attached hydrogens (tertiary/aromatic N) is 2. The van der Waals surface area contributed by atoms with E-state index in [2.05, 4.69) is 9.97 Å². The van der Waals surface area contributed by atoms with Crippen LogP contribution in [-0.2, 0) is 11.4 Å². The molecule has 7 nitrogen and oxygen atoms in total. The summed E-state index contributed by atoms with van der Waals surface area (Å²) in [7, 11) is 1.61. The molecule has 0 aliphatic carbocycles. The Morgan fingerprint density at radius 3 is 2.62 bits per heavy atom. The van der Waals surface area contributed by atoms with E-state index in [4.69, 9.17) is 14.2 Å². The molecule has 1 unspecified atom stereocenters. The van der Waals surface area contributed by atoms with E-state index in [0.29, 0.717) is 12.0 Å². The number of benzene rings is 1. The summed E-state index contributed by atoms with van der Waals surface area (Å²) in [6.45, 7) is 3.59. The lowest BCUT2D eigenvalue weighted by molar-refractivity contribution is -0.136. The smallest absolute Gasteiger partial charge is 0.313 e. The topological polar surface area (TPSA) is 87.6 Å². The summed E-state index contributed by atoms with van der Waals surface area (Å²) in [5.74, 6) is 0.352. The molecule has 0 saturated heterocycles. The molecule has 0 saturated carbocycles. The Balaban J connectivity index is 1.93. The monoisotopic (exact) mass is 356 g/mol. The maximum atomic E-state index is 11.8. The number of ketones is 1. The highest BCUT2D eigenvalue weighted by Gasteiger charge is 2.32. The van der Waals surface area contributed by atoms with Gasteiger partial charge in [-0.3, -0.25) is 9.59 Å². The van der Waals surface area contributed by atoms with Crippen molar-refractivity contribution in [3.8, 4) is 17.5 Å². The summed E-state index contributed by atoms with van der Waals surface area (Å²) in [6, 6.07) is 7.45. The van der Waals surface area contributed by atoms with Crippen molar-refractivity contribution in [3.05, 3.63) is 41.2 Å². The summed E-state index contributed by atoms with van der Waals surface area (Å²) < 4.78 is 16.3. The van der Waals surface area contributed by atoms with Gasteiger partial charge >= 0.3 is 5.97 Å². The van der Waals surface area contributed by atoms with Crippen LogP contribution in [0.2, 0.25) is 0 Å². The molecule has 1 aromatic carbocycles. The number of hydrogen-bond acceptors (Lipinski definition) is 7. The average Bonchev–Trinajstić information content (AvgIpc) is 2.65. The number of methoxy groups -OCH3 is 1. The Morgan fingerprint density at radius 2 is 2.00 bits per heavy atom. The summed E-state index contributed by atoms with van der Waals surface area (Å²) in [4.78, 5) is 31.9. The maximum Gasteiger partial charge on any atom is 0.313 e. The molecule has 0 N–H and O–H groups in total. The van der Waals surface area contributed by atoms with Crippen molar-refractivity contribution >= 4 is 11.8 Å². The van der Waals surface area contributed by atoms with Gasteiger partial charge in [-0.15, -0.1) is 0 Å². The number of Topliss-reactive ketones (excluding diaryl/α,β-unsaturated/α-hetero) is 1. The zero-order valence-corrected chi connectivity index (χ0v) is 14.9. The molecule has 26 heavy (non-hydrogen) atoms. The Kier molecular flexibility index (Phi) is 5.16. The van der Waals surface area contributed by atoms with Gasteiger partial charge in [0.2, 0.25) is 17.6 Å². The van der Waals surface area contributed by atoms with Crippen molar-refractivity contribution in [2.45, 2.75) is 39.2 Å². The molecular weight excluding hydrogens is 336 g/mol. The molecule has 1 aliphatic heterocycles. The van der Waals surface area contributed by atoms with Crippen LogP contribution in [0.5, 0.6) is 17.5 Å². The van der Waals surface area contributed by atoms with Crippen molar-refractivity contribution in [2.75, 3.05) is 7.11 Å². The van der Waals surface area contributed by atoms with Crippen LogP contribution in [0.4, 0.5) is 0 Å². The first-order valence-corrected chi connectivity index (χ1v) is 8.41. The second-order valence-corrected chi connectivity index (χ2v) is 6.05. The standard InChI is InChI=1S/C19H20N2O5/c1-4-13-9-15(23)26-19-16(13)18(20-17(21-19)11(2)22)25-10-12-5-7-14(24-3)8-6-12/h5-8,13H,4,9-10H2,1-3H3. The minimum Gasteiger partial charge on any atom is -0.497 e. The number of carbonyl (C=O) groups excluding carboxylic acids is 2. The van der Waals surface area contributed by atoms with E-state index in [1.807, 2.05) is 31.2 Å². The van der Waals surface area contributed by atoms with Crippen LogP contribution in [0.15, 0.2) is 24.3 Å². The minimum absolute atomic E-state index is 0.0296. The van der Waals surface area contributed by atoms with Gasteiger partial charge in [-0.2, -0.15) is 9.97 Å². The maximum absolute atomic E-state index is 11.8. The number of ether oxygens (including phenoxy) is 3. The van der Waals surface area contributed by atoms with E-state index in [9.17, 15) is 9.59 Å². The van der Waals surface area contributed by atoms with E-state index in [-0.39, 0.29) is 48.3 Å². The van der Waals surface area contributed by atoms with E-state index in [0.717, 1.165) is 11.3 Å². The molecule has 7 heteroatoms. The van der Waals surface area contributed by atoms with Crippen molar-refractivity contribution in [1.29, 1.82) is 0 Å². The molecule has 1 atom stereocenters. The van der Waals surface area contributed by atoms with Crippen LogP contribution in [0.25, 0.3) is 0 Å². The zero-order chi connectivity index (χ0) is 18.7. The van der Waals surface area contributed by atoms with Crippen molar-refractivity contribution in [1.82, 2.24) is 9.97 Å². The van der Waals surface area contributed by atoms with Gasteiger partial charge in [0.1, 0.15) is 12.4 Å². The third-order valence-electron chi connectivity index (χ3n) is 4.25. The Labute approximate surface area is 151 Å². The third kappa shape index (κ3) is 3.66. The first-order chi connectivity index (χ1) is 12.5. The van der Waals surface area contributed by atoms with Crippen LogP contribution >= 0.6 is 0 Å². The lowest BCUT2D eigenvalue weighted by atomic mass is 9.93. The van der Waals surface area contributed by atoms with Crippen molar-refractivity contribution in [3.63, 3.8) is 0 Å². The predicted octanol–water partition coefficient (Wildman–Crippen LogP) is 3.07. The lowest BCUT2D eigenvalue weighted by Crippen LogP contribution is -2.23. The second kappa shape index (κ2) is 7.51. The highest BCUT2D eigenvalue weighted by molar-refractivity contribution is 5.90. The van der Waals surface area contributed by atoms with Gasteiger partial charge in [0, 0.05) is 12.8 Å². The van der Waals surface area contributed by atoms with Crippen LogP contribution in [0.3, 0.4) is 0 Å². The second-order valence-electron chi connectivity index (χ2n) is 6.05. The van der Waals surface area contributed by atoms with Crippen LogP contribution in [-0.4, -0.2) is 28.8 Å². The summed E-state index contributed by atoms with van der Waals surface area (Å²) in [5.41, 5.74) is 1.56. The fourth-order valence-corrected chi connectivity index (χ4v) is 2.80. The molecule has 0 bridgehead atoms. The fourth-order valence-electron chi connectivity index (χ4n) is 2.80. The SMILES string of the molecule is CCC1CC(=O)Oc2nc(C(C)=O)nc(OCc3ccc(OC)cc3)c21. The normalized spacial score (nSPS) is 15.8. The largest absolute Gasteiger partial charge is 0.497 e. The molecule has 2 aromatic rings. The molecule has 0 amide bonds. The van der Waals surface area contributed by atoms with Crippen molar-refractivity contribution in [2.24, 2.45) is 0 Å². The molecule has 0 spiro atoms. The third-order valence-corrected chi connectivity index (χ3v) is 4.25.